The fourth-order valence-electron chi connectivity index (χ4n) is 0.498. The van der Waals surface area contributed by atoms with E-state index in [1.165, 1.54) is 7.11 Å². The van der Waals surface area contributed by atoms with E-state index in [1.807, 2.05) is 30.3 Å². The molecule has 1 rings (SSSR count). The van der Waals surface area contributed by atoms with Crippen molar-refractivity contribution < 1.29 is 9.53 Å². The summed E-state index contributed by atoms with van der Waals surface area (Å²) in [6.07, 6.45) is 0. The summed E-state index contributed by atoms with van der Waals surface area (Å²) in [5, 5.41) is 0.794. The number of hydrogen-bond donors (Lipinski definition) is 1. The maximum absolute atomic E-state index is 9.83. The molecule has 5 heteroatoms. The predicted octanol–water partition coefficient (Wildman–Crippen LogP) is 1.88. The third-order valence-electron chi connectivity index (χ3n) is 1.13. The van der Waals surface area contributed by atoms with Crippen LogP contribution >= 0.6 is 24.0 Å². The SMILES string of the molecule is COC(=O)CN.Cl.Clc1ccccc1. The van der Waals surface area contributed by atoms with Crippen molar-refractivity contribution >= 4 is 30.0 Å². The second kappa shape index (κ2) is 10.3. The van der Waals surface area contributed by atoms with Gasteiger partial charge in [-0.1, -0.05) is 29.8 Å². The van der Waals surface area contributed by atoms with Gasteiger partial charge in [-0.15, -0.1) is 12.4 Å². The van der Waals surface area contributed by atoms with Gasteiger partial charge in [0.15, 0.2) is 0 Å². The van der Waals surface area contributed by atoms with Crippen molar-refractivity contribution in [1.29, 1.82) is 0 Å². The van der Waals surface area contributed by atoms with Crippen LogP contribution in [0, 0.1) is 0 Å². The molecule has 0 saturated heterocycles. The Hall–Kier alpha value is -0.770. The van der Waals surface area contributed by atoms with Crippen LogP contribution in [0.25, 0.3) is 0 Å². The van der Waals surface area contributed by atoms with E-state index < -0.39 is 0 Å². The van der Waals surface area contributed by atoms with Gasteiger partial charge >= 0.3 is 5.97 Å². The fraction of sp³-hybridized carbons (Fsp3) is 0.222. The van der Waals surface area contributed by atoms with Gasteiger partial charge in [-0.2, -0.15) is 0 Å². The average molecular weight is 238 g/mol. The minimum Gasteiger partial charge on any atom is -0.468 e. The Morgan fingerprint density at radius 2 is 1.93 bits per heavy atom. The normalized spacial score (nSPS) is 7.64. The van der Waals surface area contributed by atoms with Gasteiger partial charge in [0.25, 0.3) is 0 Å². The summed E-state index contributed by atoms with van der Waals surface area (Å²) >= 11 is 5.54. The number of halogens is 2. The number of hydrogen-bond acceptors (Lipinski definition) is 3. The number of methoxy groups -OCH3 is 1. The Balaban J connectivity index is 0. The Labute approximate surface area is 94.6 Å². The molecule has 0 unspecified atom stereocenters. The van der Waals surface area contributed by atoms with Gasteiger partial charge in [0.2, 0.25) is 0 Å². The highest BCUT2D eigenvalue weighted by Gasteiger charge is 1.87. The van der Waals surface area contributed by atoms with Crippen molar-refractivity contribution in [2.45, 2.75) is 0 Å². The van der Waals surface area contributed by atoms with E-state index in [0.29, 0.717) is 0 Å². The molecule has 0 atom stereocenters. The Kier molecular flexibility index (Phi) is 11.6. The lowest BCUT2D eigenvalue weighted by Crippen LogP contribution is -2.14. The van der Waals surface area contributed by atoms with Crippen molar-refractivity contribution in [3.63, 3.8) is 0 Å². The van der Waals surface area contributed by atoms with Crippen LogP contribution in [-0.2, 0) is 9.53 Å². The van der Waals surface area contributed by atoms with Gasteiger partial charge in [-0.25, -0.2) is 0 Å². The smallest absolute Gasteiger partial charge is 0.319 e. The number of carbonyl (C=O) groups excluding carboxylic acids is 1. The molecule has 0 amide bonds. The van der Waals surface area contributed by atoms with Crippen molar-refractivity contribution in [3.05, 3.63) is 35.4 Å². The van der Waals surface area contributed by atoms with Crippen LogP contribution < -0.4 is 5.73 Å². The maximum atomic E-state index is 9.83. The summed E-state index contributed by atoms with van der Waals surface area (Å²) in [5.74, 6) is -0.380. The van der Waals surface area contributed by atoms with Crippen LogP contribution in [0.1, 0.15) is 0 Å². The molecule has 1 aromatic carbocycles. The number of ether oxygens (including phenoxy) is 1. The molecule has 0 bridgehead atoms. The van der Waals surface area contributed by atoms with Gasteiger partial charge in [0.1, 0.15) is 0 Å². The topological polar surface area (TPSA) is 52.3 Å². The highest BCUT2D eigenvalue weighted by molar-refractivity contribution is 6.30. The zero-order valence-corrected chi connectivity index (χ0v) is 9.35. The molecule has 0 saturated carbocycles. The first kappa shape index (κ1) is 15.7. The zero-order chi connectivity index (χ0) is 10.1. The van der Waals surface area contributed by atoms with E-state index in [9.17, 15) is 4.79 Å². The Morgan fingerprint density at radius 1 is 1.43 bits per heavy atom. The number of nitrogens with two attached hydrogens (primary N) is 1. The largest absolute Gasteiger partial charge is 0.468 e. The van der Waals surface area contributed by atoms with E-state index in [0.717, 1.165) is 5.02 Å². The lowest BCUT2D eigenvalue weighted by molar-refractivity contribution is -0.138. The van der Waals surface area contributed by atoms with Crippen molar-refractivity contribution in [3.8, 4) is 0 Å². The molecule has 2 N–H and O–H groups in total. The first-order chi connectivity index (χ1) is 6.20. The van der Waals surface area contributed by atoms with Gasteiger partial charge in [0.05, 0.1) is 13.7 Å². The predicted molar refractivity (Wildman–Crippen MR) is 59.8 cm³/mol. The molecule has 3 nitrogen and oxygen atoms in total. The zero-order valence-electron chi connectivity index (χ0n) is 7.77. The van der Waals surface area contributed by atoms with Gasteiger partial charge in [-0.05, 0) is 12.1 Å². The first-order valence-corrected chi connectivity index (χ1v) is 4.06. The standard InChI is InChI=1S/C6H5Cl.C3H7NO2.ClH/c7-6-4-2-1-3-5-6;1-6-3(5)2-4;/h1-5H;2,4H2,1H3;1H. The van der Waals surface area contributed by atoms with E-state index in [1.54, 1.807) is 0 Å². The minimum atomic E-state index is -0.380. The summed E-state index contributed by atoms with van der Waals surface area (Å²) in [5.41, 5.74) is 4.81. The summed E-state index contributed by atoms with van der Waals surface area (Å²) in [6.45, 7) is -0.0312. The molecule has 0 aromatic heterocycles. The van der Waals surface area contributed by atoms with E-state index in [-0.39, 0.29) is 24.9 Å². The summed E-state index contributed by atoms with van der Waals surface area (Å²) in [6, 6.07) is 9.44. The number of benzene rings is 1. The summed E-state index contributed by atoms with van der Waals surface area (Å²) < 4.78 is 4.14. The van der Waals surface area contributed by atoms with Gasteiger partial charge in [0, 0.05) is 5.02 Å². The molecule has 0 spiro atoms. The molecule has 0 aliphatic rings. The van der Waals surface area contributed by atoms with Crippen molar-refractivity contribution in [2.24, 2.45) is 5.73 Å². The molecule has 0 aliphatic carbocycles. The van der Waals surface area contributed by atoms with E-state index >= 15 is 0 Å². The van der Waals surface area contributed by atoms with Crippen LogP contribution in [-0.4, -0.2) is 19.6 Å². The monoisotopic (exact) mass is 237 g/mol. The van der Waals surface area contributed by atoms with Gasteiger partial charge in [-0.3, -0.25) is 4.79 Å². The third kappa shape index (κ3) is 9.32. The third-order valence-corrected chi connectivity index (χ3v) is 1.38. The van der Waals surface area contributed by atoms with E-state index in [2.05, 4.69) is 4.74 Å². The molecule has 14 heavy (non-hydrogen) atoms. The molecule has 0 radical (unpaired) electrons. The number of esters is 1. The molecule has 80 valence electrons. The lowest BCUT2D eigenvalue weighted by Gasteiger charge is -1.87. The highest BCUT2D eigenvalue weighted by Crippen LogP contribution is 2.03. The molecule has 0 heterocycles. The molecule has 0 aliphatic heterocycles. The number of carbonyl (C=O) groups is 1. The molecular weight excluding hydrogens is 225 g/mol. The summed E-state index contributed by atoms with van der Waals surface area (Å²) in [7, 11) is 1.30. The molecule has 1 aromatic rings. The van der Waals surface area contributed by atoms with Crippen LogP contribution in [0.5, 0.6) is 0 Å². The second-order valence-electron chi connectivity index (χ2n) is 2.08. The quantitative estimate of drug-likeness (QED) is 0.760. The first-order valence-electron chi connectivity index (χ1n) is 3.68. The van der Waals surface area contributed by atoms with Crippen LogP contribution in [0.3, 0.4) is 0 Å². The van der Waals surface area contributed by atoms with Crippen molar-refractivity contribution in [2.75, 3.05) is 13.7 Å². The van der Waals surface area contributed by atoms with Gasteiger partial charge < -0.3 is 10.5 Å². The fourth-order valence-corrected chi connectivity index (χ4v) is 0.643. The molecular formula is C9H13Cl2NO2. The minimum absolute atomic E-state index is 0. The van der Waals surface area contributed by atoms with Crippen LogP contribution in [0.2, 0.25) is 5.02 Å². The van der Waals surface area contributed by atoms with Crippen LogP contribution in [0.15, 0.2) is 30.3 Å². The van der Waals surface area contributed by atoms with Crippen LogP contribution in [0.4, 0.5) is 0 Å². The Morgan fingerprint density at radius 3 is 2.07 bits per heavy atom. The summed E-state index contributed by atoms with van der Waals surface area (Å²) in [4.78, 5) is 9.83. The average Bonchev–Trinajstić information content (AvgIpc) is 2.19. The maximum Gasteiger partial charge on any atom is 0.319 e. The Bertz CT molecular complexity index is 236. The lowest BCUT2D eigenvalue weighted by atomic mass is 10.4. The van der Waals surface area contributed by atoms with Crippen molar-refractivity contribution in [1.82, 2.24) is 0 Å². The number of rotatable bonds is 1. The second-order valence-corrected chi connectivity index (χ2v) is 2.51. The van der Waals surface area contributed by atoms with E-state index in [4.69, 9.17) is 17.3 Å². The molecule has 0 fully saturated rings. The highest BCUT2D eigenvalue weighted by atomic mass is 35.5.